The fourth-order valence-electron chi connectivity index (χ4n) is 3.15. The van der Waals surface area contributed by atoms with E-state index < -0.39 is 10.0 Å². The predicted molar refractivity (Wildman–Crippen MR) is 117 cm³/mol. The van der Waals surface area contributed by atoms with Gasteiger partial charge >= 0.3 is 0 Å². The lowest BCUT2D eigenvalue weighted by Crippen LogP contribution is -2.36. The summed E-state index contributed by atoms with van der Waals surface area (Å²) >= 11 is 1.32. The number of rotatable bonds is 7. The lowest BCUT2D eigenvalue weighted by Gasteiger charge is -2.25. The molecule has 0 bridgehead atoms. The highest BCUT2D eigenvalue weighted by molar-refractivity contribution is 7.91. The van der Waals surface area contributed by atoms with Gasteiger partial charge in [-0.05, 0) is 42.7 Å². The van der Waals surface area contributed by atoms with Crippen molar-refractivity contribution < 1.29 is 13.2 Å². The summed E-state index contributed by atoms with van der Waals surface area (Å²) in [5.41, 5.74) is 1.11. The second-order valence-electron chi connectivity index (χ2n) is 6.81. The zero-order valence-corrected chi connectivity index (χ0v) is 18.5. The van der Waals surface area contributed by atoms with Crippen LogP contribution >= 0.6 is 11.3 Å². The Morgan fingerprint density at radius 1 is 1.07 bits per heavy atom. The number of piperidine rings is 1. The van der Waals surface area contributed by atoms with Crippen LogP contribution in [0.25, 0.3) is 0 Å². The Labute approximate surface area is 176 Å². The molecule has 0 atom stereocenters. The highest BCUT2D eigenvalue weighted by Crippen LogP contribution is 2.27. The molecule has 0 spiro atoms. The van der Waals surface area contributed by atoms with Crippen LogP contribution in [0, 0.1) is 0 Å². The van der Waals surface area contributed by atoms with Gasteiger partial charge in [-0.25, -0.2) is 8.42 Å². The first-order valence-electron chi connectivity index (χ1n) is 9.69. The van der Waals surface area contributed by atoms with Gasteiger partial charge in [-0.15, -0.1) is 11.3 Å². The number of thiophene rings is 1. The number of guanidine groups is 1. The van der Waals surface area contributed by atoms with Gasteiger partial charge in [0.25, 0.3) is 10.0 Å². The fourth-order valence-corrected chi connectivity index (χ4v) is 6.11. The molecular weight excluding hydrogens is 408 g/mol. The van der Waals surface area contributed by atoms with Gasteiger partial charge in [0.1, 0.15) is 9.96 Å². The van der Waals surface area contributed by atoms with E-state index in [-0.39, 0.29) is 0 Å². The highest BCUT2D eigenvalue weighted by atomic mass is 32.2. The van der Waals surface area contributed by atoms with Crippen molar-refractivity contribution in [3.63, 3.8) is 0 Å². The summed E-state index contributed by atoms with van der Waals surface area (Å²) in [6.07, 6.45) is 2.98. The molecule has 158 valence electrons. The normalized spacial score (nSPS) is 15.9. The van der Waals surface area contributed by atoms with Crippen LogP contribution in [0.4, 0.5) is 0 Å². The maximum Gasteiger partial charge on any atom is 0.252 e. The van der Waals surface area contributed by atoms with Gasteiger partial charge in [0.2, 0.25) is 0 Å². The Morgan fingerprint density at radius 3 is 2.41 bits per heavy atom. The standard InChI is InChI=1S/C20H28N4O3S2/c1-21-20(22-14-16-6-8-17(27-2)9-7-16)23-15-18-10-11-19(28-18)29(25,26)24-12-4-3-5-13-24/h6-11H,3-5,12-15H2,1-2H3,(H2,21,22,23). The molecule has 1 aromatic heterocycles. The van der Waals surface area contributed by atoms with E-state index >= 15 is 0 Å². The highest BCUT2D eigenvalue weighted by Gasteiger charge is 2.27. The number of hydrogen-bond donors (Lipinski definition) is 2. The maximum absolute atomic E-state index is 12.8. The second-order valence-corrected chi connectivity index (χ2v) is 10.1. The third-order valence-corrected chi connectivity index (χ3v) is 8.27. The summed E-state index contributed by atoms with van der Waals surface area (Å²) in [6.45, 7) is 2.39. The molecule has 2 N–H and O–H groups in total. The van der Waals surface area contributed by atoms with Crippen molar-refractivity contribution in [2.45, 2.75) is 36.6 Å². The Morgan fingerprint density at radius 2 is 1.76 bits per heavy atom. The van der Waals surface area contributed by atoms with Crippen molar-refractivity contribution in [3.8, 4) is 5.75 Å². The summed E-state index contributed by atoms with van der Waals surface area (Å²) in [6, 6.07) is 11.4. The molecule has 2 heterocycles. The minimum absolute atomic E-state index is 0.414. The van der Waals surface area contributed by atoms with Crippen molar-refractivity contribution in [1.82, 2.24) is 14.9 Å². The molecule has 1 aliphatic heterocycles. The first-order valence-corrected chi connectivity index (χ1v) is 11.9. The zero-order chi connectivity index (χ0) is 20.7. The summed E-state index contributed by atoms with van der Waals surface area (Å²) in [7, 11) is -0.0114. The largest absolute Gasteiger partial charge is 0.497 e. The van der Waals surface area contributed by atoms with Crippen molar-refractivity contribution in [1.29, 1.82) is 0 Å². The topological polar surface area (TPSA) is 83.0 Å². The van der Waals surface area contributed by atoms with E-state index in [0.717, 1.165) is 35.5 Å². The van der Waals surface area contributed by atoms with Gasteiger partial charge in [0.15, 0.2) is 5.96 Å². The second kappa shape index (κ2) is 10.1. The van der Waals surface area contributed by atoms with E-state index in [2.05, 4.69) is 15.6 Å². The van der Waals surface area contributed by atoms with Crippen LogP contribution < -0.4 is 15.4 Å². The van der Waals surface area contributed by atoms with E-state index in [4.69, 9.17) is 4.74 Å². The molecule has 1 saturated heterocycles. The van der Waals surface area contributed by atoms with Crippen molar-refractivity contribution >= 4 is 27.3 Å². The van der Waals surface area contributed by atoms with Gasteiger partial charge in [0.05, 0.1) is 13.7 Å². The van der Waals surface area contributed by atoms with Crippen LogP contribution in [0.3, 0.4) is 0 Å². The molecule has 3 rings (SSSR count). The molecule has 0 aliphatic carbocycles. The van der Waals surface area contributed by atoms with Crippen molar-refractivity contribution in [2.24, 2.45) is 4.99 Å². The van der Waals surface area contributed by atoms with Gasteiger partial charge in [-0.3, -0.25) is 4.99 Å². The monoisotopic (exact) mass is 436 g/mol. The first kappa shape index (κ1) is 21.6. The quantitative estimate of drug-likeness (QED) is 0.515. The van der Waals surface area contributed by atoms with Gasteiger partial charge in [-0.1, -0.05) is 18.6 Å². The van der Waals surface area contributed by atoms with E-state index in [1.165, 1.54) is 11.3 Å². The predicted octanol–water partition coefficient (Wildman–Crippen LogP) is 2.80. The SMILES string of the molecule is CN=C(NCc1ccc(OC)cc1)NCc1ccc(S(=O)(=O)N2CCCCC2)s1. The summed E-state index contributed by atoms with van der Waals surface area (Å²) < 4.78 is 32.7. The molecule has 0 saturated carbocycles. The van der Waals surface area contributed by atoms with E-state index in [1.54, 1.807) is 24.5 Å². The molecule has 2 aromatic rings. The number of sulfonamides is 1. The molecule has 0 amide bonds. The third kappa shape index (κ3) is 5.71. The minimum atomic E-state index is -3.37. The minimum Gasteiger partial charge on any atom is -0.497 e. The lowest BCUT2D eigenvalue weighted by atomic mass is 10.2. The molecule has 1 aliphatic rings. The molecule has 0 unspecified atom stereocenters. The average Bonchev–Trinajstić information content (AvgIpc) is 3.25. The molecule has 29 heavy (non-hydrogen) atoms. The maximum atomic E-state index is 12.8. The zero-order valence-electron chi connectivity index (χ0n) is 16.8. The number of hydrogen-bond acceptors (Lipinski definition) is 5. The summed E-state index contributed by atoms with van der Waals surface area (Å²) in [4.78, 5) is 5.18. The van der Waals surface area contributed by atoms with Crippen LogP contribution in [-0.2, 0) is 23.1 Å². The number of methoxy groups -OCH3 is 1. The molecule has 0 radical (unpaired) electrons. The Kier molecular flexibility index (Phi) is 7.51. The number of benzene rings is 1. The van der Waals surface area contributed by atoms with Crippen LogP contribution in [0.1, 0.15) is 29.7 Å². The van der Waals surface area contributed by atoms with Crippen molar-refractivity contribution in [3.05, 3.63) is 46.8 Å². The number of nitrogens with one attached hydrogen (secondary N) is 2. The van der Waals surface area contributed by atoms with Crippen LogP contribution in [0.15, 0.2) is 45.6 Å². The summed E-state index contributed by atoms with van der Waals surface area (Å²) in [5.74, 6) is 1.49. The Bertz CT molecular complexity index is 917. The average molecular weight is 437 g/mol. The van der Waals surface area contributed by atoms with Gasteiger partial charge < -0.3 is 15.4 Å². The van der Waals surface area contributed by atoms with Crippen LogP contribution in [0.5, 0.6) is 5.75 Å². The molecular formula is C20H28N4O3S2. The first-order chi connectivity index (χ1) is 14.0. The van der Waals surface area contributed by atoms with Crippen LogP contribution in [0.2, 0.25) is 0 Å². The molecule has 1 aromatic carbocycles. The van der Waals surface area contributed by atoms with Crippen LogP contribution in [-0.4, -0.2) is 45.9 Å². The molecule has 9 heteroatoms. The summed E-state index contributed by atoms with van der Waals surface area (Å²) in [5, 5.41) is 6.50. The number of ether oxygens (including phenoxy) is 1. The van der Waals surface area contributed by atoms with E-state index in [9.17, 15) is 8.42 Å². The third-order valence-electron chi connectivity index (χ3n) is 4.82. The fraction of sp³-hybridized carbons (Fsp3) is 0.450. The Hall–Kier alpha value is -2.10. The Balaban J connectivity index is 1.53. The van der Waals surface area contributed by atoms with Gasteiger partial charge in [0, 0.05) is 31.6 Å². The van der Waals surface area contributed by atoms with E-state index in [0.29, 0.717) is 36.3 Å². The smallest absolute Gasteiger partial charge is 0.252 e. The molecule has 1 fully saturated rings. The number of nitrogens with zero attached hydrogens (tertiary/aromatic N) is 2. The van der Waals surface area contributed by atoms with Gasteiger partial charge in [-0.2, -0.15) is 4.31 Å². The number of aliphatic imine (C=N–C) groups is 1. The van der Waals surface area contributed by atoms with Crippen molar-refractivity contribution in [2.75, 3.05) is 27.2 Å². The lowest BCUT2D eigenvalue weighted by molar-refractivity contribution is 0.347. The molecule has 7 nitrogen and oxygen atoms in total. The van der Waals surface area contributed by atoms with E-state index in [1.807, 2.05) is 30.3 Å².